The molecule has 3 rings (SSSR count). The van der Waals surface area contributed by atoms with Crippen LogP contribution >= 0.6 is 27.3 Å². The van der Waals surface area contributed by atoms with Crippen molar-refractivity contribution in [2.24, 2.45) is 5.73 Å². The van der Waals surface area contributed by atoms with Gasteiger partial charge in [0.25, 0.3) is 0 Å². The highest BCUT2D eigenvalue weighted by molar-refractivity contribution is 9.10. The molecule has 2 aromatic heterocycles. The zero-order valence-electron chi connectivity index (χ0n) is 12.4. The first-order valence-corrected chi connectivity index (χ1v) is 8.40. The van der Waals surface area contributed by atoms with Gasteiger partial charge in [0.15, 0.2) is 0 Å². The Bertz CT molecular complexity index is 806. The third-order valence-corrected chi connectivity index (χ3v) is 5.32. The molecule has 0 amide bonds. The van der Waals surface area contributed by atoms with E-state index in [1.165, 1.54) is 0 Å². The molecule has 1 aliphatic heterocycles. The summed E-state index contributed by atoms with van der Waals surface area (Å²) in [5, 5.41) is 18.8. The lowest BCUT2D eigenvalue weighted by Gasteiger charge is -2.26. The second-order valence-electron chi connectivity index (χ2n) is 6.16. The summed E-state index contributed by atoms with van der Waals surface area (Å²) in [6, 6.07) is 4.21. The summed E-state index contributed by atoms with van der Waals surface area (Å²) in [6.45, 7) is 6.28. The minimum atomic E-state index is -0.252. The van der Waals surface area contributed by atoms with Crippen molar-refractivity contribution < 1.29 is 4.74 Å². The van der Waals surface area contributed by atoms with Gasteiger partial charge in [-0.1, -0.05) is 20.8 Å². The van der Waals surface area contributed by atoms with Crippen LogP contribution in [0.15, 0.2) is 27.4 Å². The number of allylic oxidation sites excluding steroid dienone is 1. The molecule has 0 aliphatic carbocycles. The molecule has 22 heavy (non-hydrogen) atoms. The van der Waals surface area contributed by atoms with E-state index in [1.54, 1.807) is 11.3 Å². The van der Waals surface area contributed by atoms with Crippen molar-refractivity contribution >= 4 is 27.3 Å². The minimum absolute atomic E-state index is 0.122. The molecule has 1 aliphatic rings. The van der Waals surface area contributed by atoms with Crippen LogP contribution in [0.2, 0.25) is 0 Å². The summed E-state index contributed by atoms with van der Waals surface area (Å²) in [4.78, 5) is 1.03. The van der Waals surface area contributed by atoms with E-state index in [9.17, 15) is 5.26 Å². The molecular formula is C15H15BrN4OS. The van der Waals surface area contributed by atoms with Gasteiger partial charge in [-0.25, -0.2) is 0 Å². The van der Waals surface area contributed by atoms with Crippen LogP contribution in [-0.2, 0) is 5.41 Å². The van der Waals surface area contributed by atoms with Crippen molar-refractivity contribution in [2.45, 2.75) is 32.1 Å². The maximum atomic E-state index is 9.55. The highest BCUT2D eigenvalue weighted by Crippen LogP contribution is 2.47. The normalized spacial score (nSPS) is 17.9. The van der Waals surface area contributed by atoms with Gasteiger partial charge in [-0.2, -0.15) is 5.26 Å². The summed E-state index contributed by atoms with van der Waals surface area (Å²) < 4.78 is 6.54. The van der Waals surface area contributed by atoms with Gasteiger partial charge < -0.3 is 10.5 Å². The zero-order chi connectivity index (χ0) is 16.1. The number of nitrogens with one attached hydrogen (secondary N) is 1. The second kappa shape index (κ2) is 5.14. The van der Waals surface area contributed by atoms with Crippen molar-refractivity contribution in [2.75, 3.05) is 0 Å². The van der Waals surface area contributed by atoms with Crippen LogP contribution in [0.1, 0.15) is 42.8 Å². The molecule has 1 atom stereocenters. The summed E-state index contributed by atoms with van der Waals surface area (Å²) in [5.74, 6) is 0.324. The fraction of sp³-hybridized carbons (Fsp3) is 0.333. The molecule has 2 aromatic rings. The fourth-order valence-corrected chi connectivity index (χ4v) is 4.14. The van der Waals surface area contributed by atoms with Crippen LogP contribution in [0.5, 0.6) is 5.88 Å². The highest BCUT2D eigenvalue weighted by Gasteiger charge is 2.38. The first-order chi connectivity index (χ1) is 10.3. The Morgan fingerprint density at radius 3 is 2.77 bits per heavy atom. The van der Waals surface area contributed by atoms with E-state index < -0.39 is 0 Å². The van der Waals surface area contributed by atoms with E-state index in [-0.39, 0.29) is 17.2 Å². The van der Waals surface area contributed by atoms with Crippen LogP contribution in [-0.4, -0.2) is 10.2 Å². The summed E-state index contributed by atoms with van der Waals surface area (Å²) in [5.41, 5.74) is 8.06. The van der Waals surface area contributed by atoms with Gasteiger partial charge in [-0.15, -0.1) is 16.4 Å². The van der Waals surface area contributed by atoms with Crippen LogP contribution in [0.3, 0.4) is 0 Å². The number of halogens is 1. The van der Waals surface area contributed by atoms with E-state index in [2.05, 4.69) is 53.0 Å². The number of thiophene rings is 1. The average molecular weight is 379 g/mol. The Balaban J connectivity index is 2.27. The molecule has 5 nitrogen and oxygen atoms in total. The zero-order valence-corrected chi connectivity index (χ0v) is 14.8. The van der Waals surface area contributed by atoms with Crippen molar-refractivity contribution in [1.29, 1.82) is 5.26 Å². The number of aromatic nitrogens is 2. The van der Waals surface area contributed by atoms with E-state index in [0.717, 1.165) is 20.6 Å². The lowest BCUT2D eigenvalue weighted by Crippen LogP contribution is -2.23. The standard InChI is InChI=1S/C15H15BrN4OS/c1-15(2,3)12-11-10(9-4-7(16)6-22-9)8(5-17)13(18)21-14(11)20-19-12/h4,6,10H,18H2,1-3H3,(H,19,20)/t10-/m1/s1. The maximum absolute atomic E-state index is 9.55. The van der Waals surface area contributed by atoms with Crippen molar-refractivity contribution in [3.05, 3.63) is 43.5 Å². The van der Waals surface area contributed by atoms with E-state index in [0.29, 0.717) is 11.5 Å². The number of H-pyrrole nitrogens is 1. The first-order valence-electron chi connectivity index (χ1n) is 6.73. The molecule has 0 radical (unpaired) electrons. The second-order valence-corrected chi connectivity index (χ2v) is 8.02. The van der Waals surface area contributed by atoms with Crippen LogP contribution in [0.25, 0.3) is 0 Å². The van der Waals surface area contributed by atoms with Gasteiger partial charge in [0.05, 0.1) is 11.5 Å². The number of hydrogen-bond donors (Lipinski definition) is 2. The van der Waals surface area contributed by atoms with Crippen molar-refractivity contribution in [3.8, 4) is 11.9 Å². The number of aromatic amines is 1. The van der Waals surface area contributed by atoms with Gasteiger partial charge >= 0.3 is 0 Å². The monoisotopic (exact) mass is 378 g/mol. The molecule has 0 saturated carbocycles. The number of nitriles is 1. The Hall–Kier alpha value is -1.78. The minimum Gasteiger partial charge on any atom is -0.420 e. The molecule has 7 heteroatoms. The third kappa shape index (κ3) is 2.32. The molecule has 0 bridgehead atoms. The van der Waals surface area contributed by atoms with Gasteiger partial charge in [-0.05, 0) is 22.0 Å². The molecule has 0 aromatic carbocycles. The Kier molecular flexibility index (Phi) is 3.54. The van der Waals surface area contributed by atoms with Crippen molar-refractivity contribution in [3.63, 3.8) is 0 Å². The Morgan fingerprint density at radius 1 is 1.50 bits per heavy atom. The predicted molar refractivity (Wildman–Crippen MR) is 88.6 cm³/mol. The molecule has 0 spiro atoms. The topological polar surface area (TPSA) is 87.7 Å². The van der Waals surface area contributed by atoms with Gasteiger partial charge in [0.1, 0.15) is 11.6 Å². The van der Waals surface area contributed by atoms with E-state index in [4.69, 9.17) is 10.5 Å². The number of rotatable bonds is 1. The number of ether oxygens (including phenoxy) is 1. The lowest BCUT2D eigenvalue weighted by atomic mass is 9.81. The quantitative estimate of drug-likeness (QED) is 0.790. The van der Waals surface area contributed by atoms with Gasteiger partial charge in [0.2, 0.25) is 11.8 Å². The number of fused-ring (bicyclic) bond motifs is 1. The first kappa shape index (κ1) is 15.1. The SMILES string of the molecule is CC(C)(C)c1[nH]nc2c1[C@@H](c1cc(Br)cs1)C(C#N)=C(N)O2. The Morgan fingerprint density at radius 2 is 2.23 bits per heavy atom. The van der Waals surface area contributed by atoms with Crippen molar-refractivity contribution in [1.82, 2.24) is 10.2 Å². The lowest BCUT2D eigenvalue weighted by molar-refractivity contribution is 0.378. The van der Waals surface area contributed by atoms with Gasteiger partial charge in [-0.3, -0.25) is 5.10 Å². The van der Waals surface area contributed by atoms with Gasteiger partial charge in [0, 0.05) is 25.8 Å². The fourth-order valence-electron chi connectivity index (χ4n) is 2.58. The molecule has 114 valence electrons. The number of nitrogens with zero attached hydrogens (tertiary/aromatic N) is 2. The molecule has 3 heterocycles. The molecule has 0 unspecified atom stereocenters. The predicted octanol–water partition coefficient (Wildman–Crippen LogP) is 3.75. The van der Waals surface area contributed by atoms with E-state index >= 15 is 0 Å². The maximum Gasteiger partial charge on any atom is 0.244 e. The van der Waals surface area contributed by atoms with Crippen LogP contribution < -0.4 is 10.5 Å². The summed E-state index contributed by atoms with van der Waals surface area (Å²) >= 11 is 5.05. The molecule has 0 saturated heterocycles. The molecule has 0 fully saturated rings. The number of hydrogen-bond acceptors (Lipinski definition) is 5. The Labute approximate surface area is 140 Å². The van der Waals surface area contributed by atoms with Crippen LogP contribution in [0, 0.1) is 11.3 Å². The summed E-state index contributed by atoms with van der Waals surface area (Å²) in [7, 11) is 0. The van der Waals surface area contributed by atoms with E-state index in [1.807, 2.05) is 11.4 Å². The van der Waals surface area contributed by atoms with Crippen LogP contribution in [0.4, 0.5) is 0 Å². The average Bonchev–Trinajstić information content (AvgIpc) is 3.02. The number of nitrogens with two attached hydrogens (primary N) is 1. The molecule has 3 N–H and O–H groups in total. The smallest absolute Gasteiger partial charge is 0.244 e. The third-order valence-electron chi connectivity index (χ3n) is 3.56. The highest BCUT2D eigenvalue weighted by atomic mass is 79.9. The largest absolute Gasteiger partial charge is 0.420 e. The summed E-state index contributed by atoms with van der Waals surface area (Å²) in [6.07, 6.45) is 0. The molecular weight excluding hydrogens is 364 g/mol.